The Morgan fingerprint density at radius 2 is 2.11 bits per heavy atom. The molecule has 1 aromatic heterocycles. The average molecular weight is 284 g/mol. The van der Waals surface area contributed by atoms with Gasteiger partial charge in [-0.05, 0) is 18.9 Å². The summed E-state index contributed by atoms with van der Waals surface area (Å²) in [7, 11) is -1.43. The number of hydrogen-bond acceptors (Lipinski definition) is 5. The number of rotatable bonds is 3. The molecule has 2 heterocycles. The Hall–Kier alpha value is -1.63. The molecule has 0 spiro atoms. The molecule has 0 saturated carbocycles. The van der Waals surface area contributed by atoms with Crippen LogP contribution in [0.1, 0.15) is 23.2 Å². The minimum atomic E-state index is -2.91. The summed E-state index contributed by atoms with van der Waals surface area (Å²) in [6.45, 7) is 0. The van der Waals surface area contributed by atoms with Crippen molar-refractivity contribution >= 4 is 15.7 Å². The van der Waals surface area contributed by atoms with E-state index in [4.69, 9.17) is 4.74 Å². The van der Waals surface area contributed by atoms with Crippen LogP contribution >= 0.6 is 0 Å². The number of pyridine rings is 1. The molecule has 0 radical (unpaired) electrons. The Morgan fingerprint density at radius 1 is 1.42 bits per heavy atom. The number of nitrogens with one attached hydrogen (secondary N) is 1. The smallest absolute Gasteiger partial charge is 0.251 e. The molecule has 0 aliphatic carbocycles. The first-order valence-corrected chi connectivity index (χ1v) is 7.83. The van der Waals surface area contributed by atoms with Gasteiger partial charge in [0.2, 0.25) is 5.88 Å². The second-order valence-electron chi connectivity index (χ2n) is 4.49. The van der Waals surface area contributed by atoms with Crippen LogP contribution in [-0.4, -0.2) is 44.0 Å². The van der Waals surface area contributed by atoms with Crippen molar-refractivity contribution in [1.82, 2.24) is 10.3 Å². The zero-order valence-corrected chi connectivity index (χ0v) is 11.4. The number of hydrogen-bond donors (Lipinski definition) is 1. The third-order valence-corrected chi connectivity index (χ3v) is 4.81. The summed E-state index contributed by atoms with van der Waals surface area (Å²) in [6.07, 6.45) is 2.44. The molecule has 19 heavy (non-hydrogen) atoms. The van der Waals surface area contributed by atoms with Crippen LogP contribution in [0.5, 0.6) is 5.88 Å². The predicted molar refractivity (Wildman–Crippen MR) is 69.9 cm³/mol. The molecule has 1 aromatic rings. The lowest BCUT2D eigenvalue weighted by atomic mass is 10.1. The third kappa shape index (κ3) is 3.66. The zero-order valence-electron chi connectivity index (χ0n) is 10.6. The number of nitrogens with zero attached hydrogens (tertiary/aromatic N) is 1. The van der Waals surface area contributed by atoms with Gasteiger partial charge in [-0.3, -0.25) is 4.79 Å². The maximum absolute atomic E-state index is 12.0. The number of ether oxygens (including phenoxy) is 1. The maximum Gasteiger partial charge on any atom is 0.251 e. The maximum atomic E-state index is 12.0. The molecular weight excluding hydrogens is 268 g/mol. The van der Waals surface area contributed by atoms with Crippen molar-refractivity contribution in [3.63, 3.8) is 0 Å². The van der Waals surface area contributed by atoms with E-state index in [0.29, 0.717) is 24.3 Å². The van der Waals surface area contributed by atoms with E-state index in [-0.39, 0.29) is 23.5 Å². The van der Waals surface area contributed by atoms with Crippen molar-refractivity contribution in [2.45, 2.75) is 18.9 Å². The fraction of sp³-hybridized carbons (Fsp3) is 0.500. The van der Waals surface area contributed by atoms with Gasteiger partial charge in [-0.15, -0.1) is 0 Å². The molecule has 0 aromatic carbocycles. The summed E-state index contributed by atoms with van der Waals surface area (Å²) in [5.41, 5.74) is 0.459. The van der Waals surface area contributed by atoms with Crippen molar-refractivity contribution in [1.29, 1.82) is 0 Å². The molecule has 1 N–H and O–H groups in total. The van der Waals surface area contributed by atoms with Gasteiger partial charge in [0.25, 0.3) is 5.91 Å². The molecule has 1 fully saturated rings. The van der Waals surface area contributed by atoms with Gasteiger partial charge in [-0.1, -0.05) is 0 Å². The molecule has 1 aliphatic heterocycles. The molecule has 2 rings (SSSR count). The molecule has 0 atom stereocenters. The number of carbonyl (C=O) groups excluding carboxylic acids is 1. The Labute approximate surface area is 112 Å². The van der Waals surface area contributed by atoms with E-state index in [9.17, 15) is 13.2 Å². The second-order valence-corrected chi connectivity index (χ2v) is 6.79. The fourth-order valence-corrected chi connectivity index (χ4v) is 3.46. The van der Waals surface area contributed by atoms with Crippen LogP contribution in [0.2, 0.25) is 0 Å². The molecule has 7 heteroatoms. The quantitative estimate of drug-likeness (QED) is 0.868. The zero-order chi connectivity index (χ0) is 13.9. The minimum absolute atomic E-state index is 0.0878. The summed E-state index contributed by atoms with van der Waals surface area (Å²) in [5.74, 6) is 0.416. The topological polar surface area (TPSA) is 85.4 Å². The van der Waals surface area contributed by atoms with Gasteiger partial charge in [0, 0.05) is 23.9 Å². The third-order valence-electron chi connectivity index (χ3n) is 3.10. The summed E-state index contributed by atoms with van der Waals surface area (Å²) in [6, 6.07) is 3.06. The Bertz CT molecular complexity index is 557. The van der Waals surface area contributed by atoms with Crippen molar-refractivity contribution < 1.29 is 17.9 Å². The first kappa shape index (κ1) is 13.8. The first-order valence-electron chi connectivity index (χ1n) is 6.01. The number of methoxy groups -OCH3 is 1. The molecule has 1 aliphatic rings. The summed E-state index contributed by atoms with van der Waals surface area (Å²) in [5, 5.41) is 2.84. The lowest BCUT2D eigenvalue weighted by Gasteiger charge is -2.23. The number of amides is 1. The first-order chi connectivity index (χ1) is 9.00. The van der Waals surface area contributed by atoms with E-state index in [1.807, 2.05) is 0 Å². The highest BCUT2D eigenvalue weighted by molar-refractivity contribution is 7.91. The van der Waals surface area contributed by atoms with Gasteiger partial charge >= 0.3 is 0 Å². The van der Waals surface area contributed by atoms with Crippen LogP contribution in [0.25, 0.3) is 0 Å². The normalized spacial score (nSPS) is 18.8. The summed E-state index contributed by atoms with van der Waals surface area (Å²) in [4.78, 5) is 15.9. The summed E-state index contributed by atoms with van der Waals surface area (Å²) >= 11 is 0. The highest BCUT2D eigenvalue weighted by atomic mass is 32.2. The average Bonchev–Trinajstić information content (AvgIpc) is 2.41. The minimum Gasteiger partial charge on any atom is -0.481 e. The number of aromatic nitrogens is 1. The van der Waals surface area contributed by atoms with Crippen LogP contribution in [0.4, 0.5) is 0 Å². The highest BCUT2D eigenvalue weighted by Gasteiger charge is 2.24. The van der Waals surface area contributed by atoms with Crippen LogP contribution < -0.4 is 10.1 Å². The molecule has 0 unspecified atom stereocenters. The van der Waals surface area contributed by atoms with E-state index in [1.54, 1.807) is 12.1 Å². The van der Waals surface area contributed by atoms with Crippen molar-refractivity contribution in [3.05, 3.63) is 23.9 Å². The van der Waals surface area contributed by atoms with E-state index in [1.165, 1.54) is 13.3 Å². The molecule has 1 amide bonds. The van der Waals surface area contributed by atoms with Crippen LogP contribution in [0, 0.1) is 0 Å². The van der Waals surface area contributed by atoms with E-state index < -0.39 is 9.84 Å². The largest absolute Gasteiger partial charge is 0.481 e. The van der Waals surface area contributed by atoms with Crippen LogP contribution in [0.3, 0.4) is 0 Å². The predicted octanol–water partition coefficient (Wildman–Crippen LogP) is 0.397. The van der Waals surface area contributed by atoms with Gasteiger partial charge in [0.05, 0.1) is 18.6 Å². The highest BCUT2D eigenvalue weighted by Crippen LogP contribution is 2.14. The van der Waals surface area contributed by atoms with Crippen LogP contribution in [0.15, 0.2) is 18.3 Å². The summed E-state index contributed by atoms with van der Waals surface area (Å²) < 4.78 is 27.5. The monoisotopic (exact) mass is 284 g/mol. The molecule has 1 saturated heterocycles. The fourth-order valence-electron chi connectivity index (χ4n) is 1.97. The van der Waals surface area contributed by atoms with Crippen molar-refractivity contribution in [3.8, 4) is 5.88 Å². The van der Waals surface area contributed by atoms with Gasteiger partial charge in [0.1, 0.15) is 9.84 Å². The Morgan fingerprint density at radius 3 is 2.74 bits per heavy atom. The van der Waals surface area contributed by atoms with E-state index in [2.05, 4.69) is 10.3 Å². The standard InChI is InChI=1S/C12H16N2O4S/c1-18-11-8-9(2-5-13-11)12(15)14-10-3-6-19(16,17)7-4-10/h2,5,8,10H,3-4,6-7H2,1H3,(H,14,15). The Balaban J connectivity index is 1.98. The van der Waals surface area contributed by atoms with Crippen LogP contribution in [-0.2, 0) is 9.84 Å². The SMILES string of the molecule is COc1cc(C(=O)NC2CCS(=O)(=O)CC2)ccn1. The van der Waals surface area contributed by atoms with Gasteiger partial charge in [-0.2, -0.15) is 0 Å². The number of carbonyl (C=O) groups is 1. The molecule has 6 nitrogen and oxygen atoms in total. The van der Waals surface area contributed by atoms with Crippen molar-refractivity contribution in [2.24, 2.45) is 0 Å². The Kier molecular flexibility index (Phi) is 4.04. The van der Waals surface area contributed by atoms with Gasteiger partial charge < -0.3 is 10.1 Å². The number of sulfone groups is 1. The second kappa shape index (κ2) is 5.56. The lowest BCUT2D eigenvalue weighted by Crippen LogP contribution is -2.40. The molecule has 0 bridgehead atoms. The van der Waals surface area contributed by atoms with Gasteiger partial charge in [-0.25, -0.2) is 13.4 Å². The van der Waals surface area contributed by atoms with Crippen molar-refractivity contribution in [2.75, 3.05) is 18.6 Å². The van der Waals surface area contributed by atoms with Gasteiger partial charge in [0.15, 0.2) is 0 Å². The van der Waals surface area contributed by atoms with E-state index in [0.717, 1.165) is 0 Å². The molecular formula is C12H16N2O4S. The van der Waals surface area contributed by atoms with E-state index >= 15 is 0 Å². The lowest BCUT2D eigenvalue weighted by molar-refractivity contribution is 0.0933. The molecule has 104 valence electrons.